The van der Waals surface area contributed by atoms with Gasteiger partial charge in [-0.05, 0) is 66.3 Å². The van der Waals surface area contributed by atoms with Crippen molar-refractivity contribution in [3.63, 3.8) is 0 Å². The highest BCUT2D eigenvalue weighted by Crippen LogP contribution is 2.50. The molecule has 3 aromatic carbocycles. The van der Waals surface area contributed by atoms with Gasteiger partial charge in [0.2, 0.25) is 0 Å². The number of Topliss-reactive ketones (excluding diaryl/α,β-unsaturated/α-hetero) is 1. The van der Waals surface area contributed by atoms with Crippen molar-refractivity contribution < 1.29 is 9.53 Å². The number of rotatable bonds is 4. The van der Waals surface area contributed by atoms with Crippen molar-refractivity contribution in [3.8, 4) is 5.75 Å². The van der Waals surface area contributed by atoms with Crippen molar-refractivity contribution in [2.24, 2.45) is 0 Å². The van der Waals surface area contributed by atoms with E-state index in [1.807, 2.05) is 37.4 Å². The Balaban J connectivity index is 1.52. The minimum Gasteiger partial charge on any atom is -0.494 e. The third-order valence-corrected chi connectivity index (χ3v) is 6.99. The highest BCUT2D eigenvalue weighted by Gasteiger charge is 2.39. The lowest BCUT2D eigenvalue weighted by atomic mass is 9.71. The molecule has 2 aliphatic rings. The normalized spacial score (nSPS) is 19.4. The summed E-state index contributed by atoms with van der Waals surface area (Å²) in [5, 5.41) is 4.74. The molecule has 0 amide bonds. The van der Waals surface area contributed by atoms with E-state index in [9.17, 15) is 4.79 Å². The first-order valence-electron chi connectivity index (χ1n) is 11.9. The molecule has 4 heteroatoms. The predicted octanol–water partition coefficient (Wildman–Crippen LogP) is 6.59. The molecule has 0 bridgehead atoms. The summed E-state index contributed by atoms with van der Waals surface area (Å²) in [6.07, 6.45) is 3.16. The van der Waals surface area contributed by atoms with E-state index in [0.717, 1.165) is 51.2 Å². The zero-order chi connectivity index (χ0) is 23.1. The zero-order valence-corrected chi connectivity index (χ0v) is 19.1. The van der Waals surface area contributed by atoms with Crippen molar-refractivity contribution >= 4 is 22.4 Å². The maximum absolute atomic E-state index is 13.8. The van der Waals surface area contributed by atoms with Crippen LogP contribution < -0.4 is 10.1 Å². The molecule has 0 saturated carbocycles. The van der Waals surface area contributed by atoms with E-state index in [4.69, 9.17) is 4.74 Å². The van der Waals surface area contributed by atoms with Crippen molar-refractivity contribution in [2.75, 3.05) is 11.9 Å². The maximum Gasteiger partial charge on any atom is 0.162 e. The van der Waals surface area contributed by atoms with Crippen molar-refractivity contribution in [2.45, 2.75) is 31.6 Å². The van der Waals surface area contributed by atoms with E-state index < -0.39 is 0 Å². The average Bonchev–Trinajstić information content (AvgIpc) is 2.88. The lowest BCUT2D eigenvalue weighted by Gasteiger charge is -2.37. The number of hydrogen-bond donors (Lipinski definition) is 1. The van der Waals surface area contributed by atoms with Crippen LogP contribution in [0, 0.1) is 0 Å². The first-order chi connectivity index (χ1) is 16.7. The quantitative estimate of drug-likeness (QED) is 0.384. The van der Waals surface area contributed by atoms with Crippen LogP contribution in [0.4, 0.5) is 5.69 Å². The number of ether oxygens (including phenoxy) is 1. The minimum absolute atomic E-state index is 0.140. The van der Waals surface area contributed by atoms with Crippen LogP contribution >= 0.6 is 0 Å². The Morgan fingerprint density at radius 1 is 0.912 bits per heavy atom. The molecule has 1 aliphatic heterocycles. The molecule has 2 atom stereocenters. The third kappa shape index (κ3) is 3.47. The summed E-state index contributed by atoms with van der Waals surface area (Å²) in [7, 11) is 0. The molecule has 1 aliphatic carbocycles. The van der Waals surface area contributed by atoms with E-state index in [0.29, 0.717) is 13.0 Å². The molecule has 34 heavy (non-hydrogen) atoms. The fourth-order valence-electron chi connectivity index (χ4n) is 5.50. The lowest BCUT2D eigenvalue weighted by Crippen LogP contribution is -2.30. The van der Waals surface area contributed by atoms with Crippen LogP contribution in [0.1, 0.15) is 48.3 Å². The lowest BCUT2D eigenvalue weighted by molar-refractivity contribution is -0.116. The number of aromatic nitrogens is 1. The fourth-order valence-corrected chi connectivity index (χ4v) is 5.50. The summed E-state index contributed by atoms with van der Waals surface area (Å²) in [4.78, 5) is 18.4. The number of carbonyl (C=O) groups is 1. The van der Waals surface area contributed by atoms with Crippen LogP contribution in [0.2, 0.25) is 0 Å². The molecule has 4 nitrogen and oxygen atoms in total. The smallest absolute Gasteiger partial charge is 0.162 e. The van der Waals surface area contributed by atoms with Crippen LogP contribution in [-0.2, 0) is 4.79 Å². The van der Waals surface area contributed by atoms with Crippen molar-refractivity contribution in [3.05, 3.63) is 113 Å². The molecule has 1 aromatic heterocycles. The van der Waals surface area contributed by atoms with Crippen LogP contribution in [-0.4, -0.2) is 17.4 Å². The van der Waals surface area contributed by atoms with E-state index in [1.165, 1.54) is 5.56 Å². The number of carbonyl (C=O) groups excluding carboxylic acids is 1. The van der Waals surface area contributed by atoms with Gasteiger partial charge in [0.1, 0.15) is 5.75 Å². The molecule has 0 fully saturated rings. The summed E-state index contributed by atoms with van der Waals surface area (Å²) >= 11 is 0. The third-order valence-electron chi connectivity index (χ3n) is 6.99. The SMILES string of the molecule is CCOc1ccc([C@H]2C3=C(C[C@H](c4ccccc4)CC3=O)Nc3ccc4ncccc4c32)cc1. The number of nitrogens with one attached hydrogen (secondary N) is 1. The number of pyridine rings is 1. The Bertz CT molecular complexity index is 1410. The Morgan fingerprint density at radius 3 is 2.53 bits per heavy atom. The standard InChI is InChI=1S/C30H26N2O2/c1-2-34-22-12-10-20(11-13-22)28-29-23-9-6-16-31-24(23)14-15-25(29)32-26-17-21(18-27(33)30(26)28)19-7-4-3-5-8-19/h3-16,21,28,32H,2,17-18H2,1H3/t21-,28+/m0/s1. The topological polar surface area (TPSA) is 51.2 Å². The molecule has 0 radical (unpaired) electrons. The van der Waals surface area contributed by atoms with Gasteiger partial charge in [0.05, 0.1) is 12.1 Å². The van der Waals surface area contributed by atoms with Crippen molar-refractivity contribution in [1.29, 1.82) is 0 Å². The van der Waals surface area contributed by atoms with E-state index in [-0.39, 0.29) is 17.6 Å². The van der Waals surface area contributed by atoms with Crippen LogP contribution in [0.5, 0.6) is 5.75 Å². The van der Waals surface area contributed by atoms with E-state index >= 15 is 0 Å². The Morgan fingerprint density at radius 2 is 1.74 bits per heavy atom. The second-order valence-corrected chi connectivity index (χ2v) is 8.99. The number of anilines is 1. The average molecular weight is 447 g/mol. The Labute approximate surface area is 199 Å². The second-order valence-electron chi connectivity index (χ2n) is 8.99. The van der Waals surface area contributed by atoms with Gasteiger partial charge in [-0.25, -0.2) is 0 Å². The van der Waals surface area contributed by atoms with Gasteiger partial charge >= 0.3 is 0 Å². The fraction of sp³-hybridized carbons (Fsp3) is 0.200. The Kier molecular flexibility index (Phi) is 5.14. The van der Waals surface area contributed by atoms with E-state index in [1.54, 1.807) is 0 Å². The monoisotopic (exact) mass is 446 g/mol. The van der Waals surface area contributed by atoms with Gasteiger partial charge in [-0.1, -0.05) is 48.5 Å². The van der Waals surface area contributed by atoms with Gasteiger partial charge in [-0.3, -0.25) is 9.78 Å². The number of nitrogens with zero attached hydrogens (tertiary/aromatic N) is 1. The molecule has 4 aromatic rings. The summed E-state index contributed by atoms with van der Waals surface area (Å²) in [5.41, 5.74) is 7.37. The molecule has 2 heterocycles. The van der Waals surface area contributed by atoms with Gasteiger partial charge in [-0.15, -0.1) is 0 Å². The molecule has 0 unspecified atom stereocenters. The summed E-state index contributed by atoms with van der Waals surface area (Å²) in [6.45, 7) is 2.61. The molecule has 0 spiro atoms. The van der Waals surface area contributed by atoms with Gasteiger partial charge in [-0.2, -0.15) is 0 Å². The molecule has 6 rings (SSSR count). The largest absolute Gasteiger partial charge is 0.494 e. The number of benzene rings is 3. The number of allylic oxidation sites excluding steroid dienone is 2. The summed E-state index contributed by atoms with van der Waals surface area (Å²) in [6, 6.07) is 26.8. The summed E-state index contributed by atoms with van der Waals surface area (Å²) < 4.78 is 5.68. The van der Waals surface area contributed by atoms with Gasteiger partial charge in [0.25, 0.3) is 0 Å². The van der Waals surface area contributed by atoms with Crippen LogP contribution in [0.15, 0.2) is 96.3 Å². The highest BCUT2D eigenvalue weighted by molar-refractivity contribution is 6.04. The number of fused-ring (bicyclic) bond motifs is 3. The van der Waals surface area contributed by atoms with Crippen molar-refractivity contribution in [1.82, 2.24) is 4.98 Å². The molecular formula is C30H26N2O2. The van der Waals surface area contributed by atoms with Gasteiger partial charge in [0, 0.05) is 40.9 Å². The summed E-state index contributed by atoms with van der Waals surface area (Å²) in [5.74, 6) is 1.10. The maximum atomic E-state index is 13.8. The van der Waals surface area contributed by atoms with Gasteiger partial charge in [0.15, 0.2) is 5.78 Å². The molecular weight excluding hydrogens is 420 g/mol. The second kappa shape index (κ2) is 8.45. The first kappa shape index (κ1) is 20.7. The number of ketones is 1. The molecule has 1 N–H and O–H groups in total. The minimum atomic E-state index is -0.140. The van der Waals surface area contributed by atoms with E-state index in [2.05, 4.69) is 64.9 Å². The number of hydrogen-bond acceptors (Lipinski definition) is 4. The zero-order valence-electron chi connectivity index (χ0n) is 19.1. The molecule has 168 valence electrons. The predicted molar refractivity (Wildman–Crippen MR) is 135 cm³/mol. The Hall–Kier alpha value is -3.92. The first-order valence-corrected chi connectivity index (χ1v) is 11.9. The molecule has 0 saturated heterocycles. The highest BCUT2D eigenvalue weighted by atomic mass is 16.5. The van der Waals surface area contributed by atoms with Gasteiger partial charge < -0.3 is 10.1 Å². The van der Waals surface area contributed by atoms with Crippen LogP contribution in [0.3, 0.4) is 0 Å². The van der Waals surface area contributed by atoms with Crippen LogP contribution in [0.25, 0.3) is 10.9 Å².